The van der Waals surface area contributed by atoms with Gasteiger partial charge in [0, 0.05) is 12.1 Å². The van der Waals surface area contributed by atoms with Gasteiger partial charge < -0.3 is 9.52 Å². The molecule has 3 aromatic rings. The molecule has 1 aromatic heterocycles. The molecule has 0 saturated heterocycles. The number of nitro groups is 1. The van der Waals surface area contributed by atoms with Crippen LogP contribution in [0.4, 0.5) is 5.69 Å². The fourth-order valence-electron chi connectivity index (χ4n) is 2.15. The van der Waals surface area contributed by atoms with Gasteiger partial charge in [-0.15, -0.1) is 0 Å². The van der Waals surface area contributed by atoms with Crippen molar-refractivity contribution in [2.75, 3.05) is 0 Å². The number of hydrogen-bond donors (Lipinski definition) is 1. The summed E-state index contributed by atoms with van der Waals surface area (Å²) in [6, 6.07) is 9.98. The van der Waals surface area contributed by atoms with Crippen LogP contribution in [-0.4, -0.2) is 10.0 Å². The molecule has 2 aromatic carbocycles. The van der Waals surface area contributed by atoms with Crippen LogP contribution in [0.25, 0.3) is 22.3 Å². The van der Waals surface area contributed by atoms with E-state index in [0.29, 0.717) is 0 Å². The average Bonchev–Trinajstić information content (AvgIpc) is 2.51. The lowest BCUT2D eigenvalue weighted by Gasteiger charge is -2.06. The molecule has 110 valence electrons. The van der Waals surface area contributed by atoms with Crippen molar-refractivity contribution in [1.29, 1.82) is 0 Å². The molecule has 6 nitrogen and oxygen atoms in total. The molecule has 0 fully saturated rings. The zero-order chi connectivity index (χ0) is 15.9. The van der Waals surface area contributed by atoms with Gasteiger partial charge >= 0.3 is 0 Å². The summed E-state index contributed by atoms with van der Waals surface area (Å²) in [7, 11) is 0. The minimum absolute atomic E-state index is 0.0658. The Morgan fingerprint density at radius 2 is 1.91 bits per heavy atom. The maximum atomic E-state index is 12.2. The summed E-state index contributed by atoms with van der Waals surface area (Å²) in [5.74, 6) is -0.0218. The van der Waals surface area contributed by atoms with E-state index in [9.17, 15) is 20.0 Å². The van der Waals surface area contributed by atoms with Gasteiger partial charge in [-0.1, -0.05) is 12.1 Å². The van der Waals surface area contributed by atoms with Crippen LogP contribution in [0.2, 0.25) is 0 Å². The molecule has 22 heavy (non-hydrogen) atoms. The first-order chi connectivity index (χ1) is 10.5. The molecular weight excluding hydrogens is 354 g/mol. The molecule has 3 rings (SSSR count). The Morgan fingerprint density at radius 1 is 1.18 bits per heavy atom. The van der Waals surface area contributed by atoms with Crippen LogP contribution in [-0.2, 0) is 0 Å². The third-order valence-electron chi connectivity index (χ3n) is 3.18. The molecule has 1 N–H and O–H groups in total. The molecule has 0 aliphatic rings. The highest BCUT2D eigenvalue weighted by atomic mass is 79.9. The Kier molecular flexibility index (Phi) is 3.42. The summed E-state index contributed by atoms with van der Waals surface area (Å²) in [6.45, 7) is 0. The van der Waals surface area contributed by atoms with Crippen molar-refractivity contribution in [2.45, 2.75) is 0 Å². The molecule has 0 aliphatic heterocycles. The third kappa shape index (κ3) is 2.25. The molecule has 0 atom stereocenters. The molecule has 0 bridgehead atoms. The highest BCUT2D eigenvalue weighted by Crippen LogP contribution is 2.35. The van der Waals surface area contributed by atoms with Crippen molar-refractivity contribution in [3.8, 4) is 17.1 Å². The van der Waals surface area contributed by atoms with Gasteiger partial charge in [-0.25, -0.2) is 0 Å². The van der Waals surface area contributed by atoms with E-state index in [1.165, 1.54) is 36.4 Å². The van der Waals surface area contributed by atoms with Gasteiger partial charge in [0.15, 0.2) is 11.0 Å². The summed E-state index contributed by atoms with van der Waals surface area (Å²) in [5.41, 5.74) is -0.182. The number of fused-ring (bicyclic) bond motifs is 1. The van der Waals surface area contributed by atoms with Crippen LogP contribution < -0.4 is 5.43 Å². The lowest BCUT2D eigenvalue weighted by molar-refractivity contribution is -0.384. The lowest BCUT2D eigenvalue weighted by Crippen LogP contribution is -2.01. The van der Waals surface area contributed by atoms with Gasteiger partial charge in [0.05, 0.1) is 15.9 Å². The minimum atomic E-state index is -0.545. The van der Waals surface area contributed by atoms with E-state index in [1.54, 1.807) is 6.07 Å². The average molecular weight is 362 g/mol. The van der Waals surface area contributed by atoms with Crippen molar-refractivity contribution in [3.05, 3.63) is 67.3 Å². The van der Waals surface area contributed by atoms with Gasteiger partial charge in [-0.3, -0.25) is 14.9 Å². The van der Waals surface area contributed by atoms with Crippen molar-refractivity contribution < 1.29 is 14.4 Å². The number of nitro benzene ring substituents is 1. The largest absolute Gasteiger partial charge is 0.507 e. The molecule has 0 radical (unpaired) electrons. The van der Waals surface area contributed by atoms with Gasteiger partial charge in [0.2, 0.25) is 0 Å². The van der Waals surface area contributed by atoms with E-state index in [0.717, 1.165) is 0 Å². The van der Waals surface area contributed by atoms with E-state index in [1.807, 2.05) is 0 Å². The summed E-state index contributed by atoms with van der Waals surface area (Å²) in [6.07, 6.45) is 0. The summed E-state index contributed by atoms with van der Waals surface area (Å²) in [4.78, 5) is 22.7. The molecule has 0 amide bonds. The lowest BCUT2D eigenvalue weighted by atomic mass is 10.1. The maximum Gasteiger partial charge on any atom is 0.280 e. The fraction of sp³-hybridized carbons (Fsp3) is 0. The van der Waals surface area contributed by atoms with Crippen LogP contribution in [0.1, 0.15) is 0 Å². The Labute approximate surface area is 131 Å². The zero-order valence-corrected chi connectivity index (χ0v) is 12.5. The van der Waals surface area contributed by atoms with Crippen LogP contribution in [0.15, 0.2) is 56.1 Å². The highest BCUT2D eigenvalue weighted by Gasteiger charge is 2.19. The number of nitrogens with zero attached hydrogens (tertiary/aromatic N) is 1. The quantitative estimate of drug-likeness (QED) is 0.552. The highest BCUT2D eigenvalue weighted by molar-refractivity contribution is 9.10. The minimum Gasteiger partial charge on any atom is -0.507 e. The van der Waals surface area contributed by atoms with E-state index >= 15 is 0 Å². The summed E-state index contributed by atoms with van der Waals surface area (Å²) in [5, 5.41) is 21.1. The van der Waals surface area contributed by atoms with Gasteiger partial charge in [-0.2, -0.15) is 0 Å². The predicted molar refractivity (Wildman–Crippen MR) is 83.9 cm³/mol. The maximum absolute atomic E-state index is 12.2. The number of phenolic OH excluding ortho intramolecular Hbond substituents is 1. The fourth-order valence-corrected chi connectivity index (χ4v) is 2.58. The Morgan fingerprint density at radius 3 is 2.64 bits per heavy atom. The first-order valence-electron chi connectivity index (χ1n) is 6.18. The molecule has 0 spiro atoms. The third-order valence-corrected chi connectivity index (χ3v) is 3.95. The number of benzene rings is 2. The van der Waals surface area contributed by atoms with Gasteiger partial charge in [-0.05, 0) is 34.1 Å². The summed E-state index contributed by atoms with van der Waals surface area (Å²) < 4.78 is 5.84. The van der Waals surface area contributed by atoms with Crippen LogP contribution >= 0.6 is 15.9 Å². The Bertz CT molecular complexity index is 964. The predicted octanol–water partition coefficient (Wildman–Crippen LogP) is 3.84. The second-order valence-electron chi connectivity index (χ2n) is 4.52. The smallest absolute Gasteiger partial charge is 0.280 e. The molecule has 1 heterocycles. The normalized spacial score (nSPS) is 10.8. The Hall–Kier alpha value is -2.67. The van der Waals surface area contributed by atoms with Crippen molar-refractivity contribution >= 4 is 32.6 Å². The molecule has 7 heteroatoms. The van der Waals surface area contributed by atoms with Crippen molar-refractivity contribution in [3.63, 3.8) is 0 Å². The number of rotatable bonds is 2. The van der Waals surface area contributed by atoms with Crippen LogP contribution in [0.3, 0.4) is 0 Å². The second kappa shape index (κ2) is 5.27. The SMILES string of the molecule is O=c1cc(-c2ccccc2[N+](=O)[O-])oc2c(Br)c(O)ccc12. The van der Waals surface area contributed by atoms with Crippen LogP contribution in [0, 0.1) is 10.1 Å². The number of halogens is 1. The zero-order valence-electron chi connectivity index (χ0n) is 10.9. The number of para-hydroxylation sites is 1. The van der Waals surface area contributed by atoms with Gasteiger partial charge in [0.1, 0.15) is 16.0 Å². The molecule has 0 aliphatic carbocycles. The molecule has 0 unspecified atom stereocenters. The van der Waals surface area contributed by atoms with Crippen molar-refractivity contribution in [1.82, 2.24) is 0 Å². The van der Waals surface area contributed by atoms with Crippen molar-refractivity contribution in [2.24, 2.45) is 0 Å². The van der Waals surface area contributed by atoms with E-state index in [2.05, 4.69) is 15.9 Å². The second-order valence-corrected chi connectivity index (χ2v) is 5.32. The molecular formula is C15H8BrNO5. The molecule has 0 saturated carbocycles. The standard InChI is InChI=1S/C15H8BrNO5/c16-14-11(18)6-5-9-12(19)7-13(22-15(9)14)8-3-1-2-4-10(8)17(20)21/h1-7,18H. The van der Waals surface area contributed by atoms with E-state index < -0.39 is 4.92 Å². The van der Waals surface area contributed by atoms with Crippen LogP contribution in [0.5, 0.6) is 5.75 Å². The number of aromatic hydroxyl groups is 1. The number of phenols is 1. The Balaban J connectivity index is 2.37. The monoisotopic (exact) mass is 361 g/mol. The topological polar surface area (TPSA) is 93.6 Å². The first-order valence-corrected chi connectivity index (χ1v) is 6.97. The summed E-state index contributed by atoms with van der Waals surface area (Å²) >= 11 is 3.15. The number of hydrogen-bond acceptors (Lipinski definition) is 5. The van der Waals surface area contributed by atoms with E-state index in [4.69, 9.17) is 4.42 Å². The van der Waals surface area contributed by atoms with Gasteiger partial charge in [0.25, 0.3) is 5.69 Å². The van der Waals surface area contributed by atoms with E-state index in [-0.39, 0.29) is 43.6 Å². The first kappa shape index (κ1) is 14.3.